The van der Waals surface area contributed by atoms with E-state index in [1.54, 1.807) is 37.3 Å². The van der Waals surface area contributed by atoms with E-state index in [0.29, 0.717) is 22.4 Å². The lowest BCUT2D eigenvalue weighted by Gasteiger charge is -2.32. The Bertz CT molecular complexity index is 1180. The van der Waals surface area contributed by atoms with Crippen molar-refractivity contribution in [3.8, 4) is 5.75 Å². The molecule has 33 heavy (non-hydrogen) atoms. The van der Waals surface area contributed by atoms with Crippen LogP contribution in [0.5, 0.6) is 5.75 Å². The number of ether oxygens (including phenoxy) is 1. The van der Waals surface area contributed by atoms with E-state index in [4.69, 9.17) is 9.57 Å². The van der Waals surface area contributed by atoms with E-state index in [1.807, 2.05) is 38.1 Å². The summed E-state index contributed by atoms with van der Waals surface area (Å²) in [7, 11) is 1.49. The number of aryl methyl sites for hydroxylation is 1. The maximum atomic E-state index is 12.5. The third-order valence-corrected chi connectivity index (χ3v) is 5.89. The first-order valence-corrected chi connectivity index (χ1v) is 10.4. The fraction of sp³-hybridized carbons (Fsp3) is 0.269. The molecule has 0 heterocycles. The van der Waals surface area contributed by atoms with Gasteiger partial charge in [-0.25, -0.2) is 4.79 Å². The first-order valence-electron chi connectivity index (χ1n) is 10.4. The van der Waals surface area contributed by atoms with Crippen molar-refractivity contribution in [2.45, 2.75) is 39.2 Å². The van der Waals surface area contributed by atoms with Crippen LogP contribution in [-0.2, 0) is 26.4 Å². The summed E-state index contributed by atoms with van der Waals surface area (Å²) in [6, 6.07) is 12.7. The van der Waals surface area contributed by atoms with Crippen LogP contribution in [0.4, 0.5) is 0 Å². The smallest absolute Gasteiger partial charge is 0.331 e. The Balaban J connectivity index is 1.93. The molecule has 0 fully saturated rings. The molecule has 0 spiro atoms. The van der Waals surface area contributed by atoms with Gasteiger partial charge in [-0.05, 0) is 66.8 Å². The van der Waals surface area contributed by atoms with Gasteiger partial charge < -0.3 is 19.8 Å². The molecule has 7 nitrogen and oxygen atoms in total. The minimum Gasteiger partial charge on any atom is -0.489 e. The zero-order valence-electron chi connectivity index (χ0n) is 19.1. The van der Waals surface area contributed by atoms with E-state index < -0.39 is 17.4 Å². The molecule has 2 aromatic rings. The Kier molecular flexibility index (Phi) is 7.01. The molecular formula is C26H27NO6. The van der Waals surface area contributed by atoms with E-state index >= 15 is 0 Å². The molecule has 0 radical (unpaired) electrons. The van der Waals surface area contributed by atoms with Crippen LogP contribution in [0.15, 0.2) is 70.9 Å². The molecule has 2 aromatic carbocycles. The van der Waals surface area contributed by atoms with Gasteiger partial charge in [0, 0.05) is 12.0 Å². The van der Waals surface area contributed by atoms with E-state index in [9.17, 15) is 19.8 Å². The zero-order chi connectivity index (χ0) is 24.2. The van der Waals surface area contributed by atoms with Crippen LogP contribution in [0.3, 0.4) is 0 Å². The molecule has 1 unspecified atom stereocenters. The Hall–Kier alpha value is -3.87. The maximum absolute atomic E-state index is 12.5. The number of nitrogens with zero attached hydrogens (tertiary/aromatic N) is 1. The molecule has 172 valence electrons. The van der Waals surface area contributed by atoms with Gasteiger partial charge in [0.2, 0.25) is 0 Å². The van der Waals surface area contributed by atoms with Gasteiger partial charge in [-0.15, -0.1) is 0 Å². The van der Waals surface area contributed by atoms with E-state index in [2.05, 4.69) is 5.16 Å². The summed E-state index contributed by atoms with van der Waals surface area (Å²) in [6.45, 7) is 5.57. The SMILES string of the molecule is CON=C(C)c1ccc(OCc2ccccc2C2(C(=O)O)C=CC(C)=C(C(=O)O)C2)c(C)c1. The third-order valence-electron chi connectivity index (χ3n) is 5.89. The number of carbonyl (C=O) groups is 2. The fourth-order valence-corrected chi connectivity index (χ4v) is 4.00. The molecule has 2 N–H and O–H groups in total. The number of benzene rings is 2. The van der Waals surface area contributed by atoms with Crippen molar-refractivity contribution in [1.82, 2.24) is 0 Å². The largest absolute Gasteiger partial charge is 0.489 e. The van der Waals surface area contributed by atoms with Gasteiger partial charge in [-0.3, -0.25) is 4.79 Å². The fourth-order valence-electron chi connectivity index (χ4n) is 4.00. The summed E-state index contributed by atoms with van der Waals surface area (Å²) in [5.74, 6) is -1.56. The van der Waals surface area contributed by atoms with Crippen molar-refractivity contribution < 1.29 is 29.4 Å². The number of rotatable bonds is 8. The quantitative estimate of drug-likeness (QED) is 0.450. The number of aliphatic carboxylic acids is 2. The minimum absolute atomic E-state index is 0.0927. The van der Waals surface area contributed by atoms with Gasteiger partial charge in [0.25, 0.3) is 0 Å². The van der Waals surface area contributed by atoms with Crippen molar-refractivity contribution in [3.63, 3.8) is 0 Å². The average Bonchev–Trinajstić information content (AvgIpc) is 2.78. The summed E-state index contributed by atoms with van der Waals surface area (Å²) < 4.78 is 6.05. The normalized spacial score (nSPS) is 18.2. The predicted octanol–water partition coefficient (Wildman–Crippen LogP) is 4.63. The molecule has 0 aliphatic heterocycles. The lowest BCUT2D eigenvalue weighted by molar-refractivity contribution is -0.142. The van der Waals surface area contributed by atoms with Crippen molar-refractivity contribution in [1.29, 1.82) is 0 Å². The second kappa shape index (κ2) is 9.73. The molecule has 3 rings (SSSR count). The van der Waals surface area contributed by atoms with E-state index in [0.717, 1.165) is 16.8 Å². The molecule has 0 aromatic heterocycles. The van der Waals surface area contributed by atoms with Gasteiger partial charge >= 0.3 is 11.9 Å². The molecule has 0 saturated heterocycles. The molecule has 1 atom stereocenters. The number of oxime groups is 1. The summed E-state index contributed by atoms with van der Waals surface area (Å²) in [6.07, 6.45) is 3.02. The minimum atomic E-state index is -1.49. The van der Waals surface area contributed by atoms with Crippen molar-refractivity contribution in [2.75, 3.05) is 7.11 Å². The maximum Gasteiger partial charge on any atom is 0.331 e. The van der Waals surface area contributed by atoms with Crippen LogP contribution >= 0.6 is 0 Å². The number of carboxylic acid groups (broad SMARTS) is 2. The Morgan fingerprint density at radius 2 is 1.85 bits per heavy atom. The molecule has 1 aliphatic rings. The Morgan fingerprint density at radius 1 is 1.12 bits per heavy atom. The van der Waals surface area contributed by atoms with E-state index in [1.165, 1.54) is 7.11 Å². The highest BCUT2D eigenvalue weighted by molar-refractivity contribution is 5.98. The second-order valence-electron chi connectivity index (χ2n) is 8.04. The standard InChI is InChI=1S/C26H27NO6/c1-16-11-12-26(25(30)31,14-21(16)24(28)29)22-8-6-5-7-20(22)15-33-23-10-9-19(13-17(23)2)18(3)27-32-4/h5-13H,14-15H2,1-4H3,(H,28,29)(H,30,31). The number of hydrogen-bond donors (Lipinski definition) is 2. The first-order chi connectivity index (χ1) is 15.7. The number of hydrogen-bond acceptors (Lipinski definition) is 5. The van der Waals surface area contributed by atoms with Crippen LogP contribution in [-0.4, -0.2) is 35.0 Å². The van der Waals surface area contributed by atoms with Gasteiger partial charge in [-0.1, -0.05) is 41.6 Å². The van der Waals surface area contributed by atoms with Gasteiger partial charge in [0.1, 0.15) is 24.9 Å². The topological polar surface area (TPSA) is 105 Å². The number of carboxylic acids is 2. The molecule has 0 amide bonds. The van der Waals surface area contributed by atoms with Gasteiger partial charge in [-0.2, -0.15) is 0 Å². The first kappa shape index (κ1) is 23.8. The van der Waals surface area contributed by atoms with Crippen molar-refractivity contribution >= 4 is 17.7 Å². The zero-order valence-corrected chi connectivity index (χ0v) is 19.1. The number of allylic oxidation sites excluding steroid dienone is 2. The van der Waals surface area contributed by atoms with Crippen LogP contribution in [0.2, 0.25) is 0 Å². The Labute approximate surface area is 192 Å². The molecule has 7 heteroatoms. The predicted molar refractivity (Wildman–Crippen MR) is 125 cm³/mol. The van der Waals surface area contributed by atoms with Gasteiger partial charge in [0.15, 0.2) is 0 Å². The Morgan fingerprint density at radius 3 is 2.48 bits per heavy atom. The van der Waals surface area contributed by atoms with Crippen LogP contribution < -0.4 is 4.74 Å². The monoisotopic (exact) mass is 449 g/mol. The highest BCUT2D eigenvalue weighted by Crippen LogP contribution is 2.40. The van der Waals surface area contributed by atoms with Crippen LogP contribution in [0.1, 0.15) is 42.5 Å². The summed E-state index contributed by atoms with van der Waals surface area (Å²) in [5.41, 5.74) is 2.89. The molecule has 1 aliphatic carbocycles. The summed E-state index contributed by atoms with van der Waals surface area (Å²) in [4.78, 5) is 29.0. The lowest BCUT2D eigenvalue weighted by Crippen LogP contribution is -2.38. The second-order valence-corrected chi connectivity index (χ2v) is 8.04. The van der Waals surface area contributed by atoms with Crippen molar-refractivity contribution in [2.24, 2.45) is 5.16 Å². The molecule has 0 bridgehead atoms. The molecule has 0 saturated carbocycles. The highest BCUT2D eigenvalue weighted by Gasteiger charge is 2.43. The lowest BCUT2D eigenvalue weighted by atomic mass is 9.70. The molecular weight excluding hydrogens is 422 g/mol. The van der Waals surface area contributed by atoms with E-state index in [-0.39, 0.29) is 18.6 Å². The third kappa shape index (κ3) is 4.82. The highest BCUT2D eigenvalue weighted by atomic mass is 16.6. The van der Waals surface area contributed by atoms with Crippen molar-refractivity contribution in [3.05, 3.63) is 88.0 Å². The summed E-state index contributed by atoms with van der Waals surface area (Å²) in [5, 5.41) is 23.7. The van der Waals surface area contributed by atoms with Crippen LogP contribution in [0.25, 0.3) is 0 Å². The summed E-state index contributed by atoms with van der Waals surface area (Å²) >= 11 is 0. The average molecular weight is 450 g/mol. The van der Waals surface area contributed by atoms with Crippen LogP contribution in [0, 0.1) is 6.92 Å². The van der Waals surface area contributed by atoms with Gasteiger partial charge in [0.05, 0.1) is 5.71 Å².